The van der Waals surface area contributed by atoms with Gasteiger partial charge in [-0.05, 0) is 63.9 Å². The van der Waals surface area contributed by atoms with Gasteiger partial charge in [-0.2, -0.15) is 0 Å². The van der Waals surface area contributed by atoms with Crippen molar-refractivity contribution >= 4 is 60.0 Å². The molecule has 0 atom stereocenters. The quantitative estimate of drug-likeness (QED) is 0.175. The topological polar surface area (TPSA) is 65.0 Å². The average molecular weight is 668 g/mol. The highest BCUT2D eigenvalue weighted by atomic mass is 16.3. The monoisotopic (exact) mass is 667 g/mol. The fraction of sp³-hybridized carbons (Fsp3) is 0.0426. The lowest BCUT2D eigenvalue weighted by Crippen LogP contribution is -2.06. The van der Waals surface area contributed by atoms with Crippen molar-refractivity contribution in [3.05, 3.63) is 169 Å². The Balaban J connectivity index is 1.11. The molecule has 0 amide bonds. The van der Waals surface area contributed by atoms with E-state index in [9.17, 15) is 0 Å². The van der Waals surface area contributed by atoms with Gasteiger partial charge in [0.1, 0.15) is 22.5 Å². The van der Waals surface area contributed by atoms with Gasteiger partial charge in [-0.1, -0.05) is 121 Å². The molecule has 5 heteroatoms. The van der Waals surface area contributed by atoms with E-state index in [-0.39, 0.29) is 0 Å². The lowest BCUT2D eigenvalue weighted by molar-refractivity contribution is 0.546. The number of hydrogen-bond donors (Lipinski definition) is 0. The Labute approximate surface area is 298 Å². The van der Waals surface area contributed by atoms with Gasteiger partial charge in [0, 0.05) is 50.4 Å². The van der Waals surface area contributed by atoms with Crippen molar-refractivity contribution in [2.24, 2.45) is 0 Å². The smallest absolute Gasteiger partial charge is 0.164 e. The lowest BCUT2D eigenvalue weighted by Gasteiger charge is -2.14. The van der Waals surface area contributed by atoms with Gasteiger partial charge in [0.15, 0.2) is 17.5 Å². The van der Waals surface area contributed by atoms with Crippen LogP contribution in [0.25, 0.3) is 93.9 Å². The zero-order valence-electron chi connectivity index (χ0n) is 28.0. The summed E-state index contributed by atoms with van der Waals surface area (Å²) in [5.41, 5.74) is 8.68. The summed E-state index contributed by atoms with van der Waals surface area (Å²) in [4.78, 5) is 15.4. The van der Waals surface area contributed by atoms with Crippen LogP contribution in [0.15, 0.2) is 161 Å². The normalized spacial score (nSPS) is 13.0. The van der Waals surface area contributed by atoms with Gasteiger partial charge in [-0.15, -0.1) is 0 Å². The van der Waals surface area contributed by atoms with Crippen LogP contribution in [0.3, 0.4) is 0 Å². The van der Waals surface area contributed by atoms with Crippen LogP contribution in [0, 0.1) is 0 Å². The van der Waals surface area contributed by atoms with Crippen LogP contribution in [0.4, 0.5) is 0 Å². The molecule has 0 unspecified atom stereocenters. The van der Waals surface area contributed by atoms with Gasteiger partial charge < -0.3 is 8.83 Å². The highest BCUT2D eigenvalue weighted by Crippen LogP contribution is 2.44. The number of hydrogen-bond acceptors (Lipinski definition) is 5. The number of benzene rings is 7. The number of rotatable bonds is 4. The first-order chi connectivity index (χ1) is 25.8. The largest absolute Gasteiger partial charge is 0.460 e. The number of nitrogens with zero attached hydrogens (tertiary/aromatic N) is 3. The number of aryl methyl sites for hydroxylation is 1. The number of furan rings is 2. The van der Waals surface area contributed by atoms with E-state index in [1.807, 2.05) is 60.7 Å². The van der Waals surface area contributed by atoms with Gasteiger partial charge in [-0.25, -0.2) is 15.0 Å². The van der Waals surface area contributed by atoms with Gasteiger partial charge in [-0.3, -0.25) is 0 Å². The van der Waals surface area contributed by atoms with Crippen molar-refractivity contribution in [1.29, 1.82) is 0 Å². The molecule has 0 saturated carbocycles. The maximum Gasteiger partial charge on any atom is 0.164 e. The van der Waals surface area contributed by atoms with Gasteiger partial charge in [0.05, 0.1) is 0 Å². The molecule has 10 aromatic rings. The Hall–Kier alpha value is -6.85. The fourth-order valence-electron chi connectivity index (χ4n) is 7.99. The Morgan fingerprint density at radius 2 is 1.13 bits per heavy atom. The summed E-state index contributed by atoms with van der Waals surface area (Å²) < 4.78 is 13.0. The highest BCUT2D eigenvalue weighted by Gasteiger charge is 2.27. The van der Waals surface area contributed by atoms with E-state index in [0.717, 1.165) is 84.9 Å². The number of allylic oxidation sites excluding steroid dienone is 1. The van der Waals surface area contributed by atoms with E-state index in [2.05, 4.69) is 91.0 Å². The predicted molar refractivity (Wildman–Crippen MR) is 210 cm³/mol. The van der Waals surface area contributed by atoms with Crippen LogP contribution in [0.5, 0.6) is 0 Å². The summed E-state index contributed by atoms with van der Waals surface area (Å²) in [5.74, 6) is 2.83. The molecule has 0 bridgehead atoms. The van der Waals surface area contributed by atoms with Crippen LogP contribution in [-0.4, -0.2) is 15.0 Å². The standard InChI is InChI=1S/C47H29N3O2/c1-2-12-28(13-3-1)45-48-46(30-24-25-41-39(27-30)34-18-8-9-22-40(34)51-41)50-47(49-45)37-21-11-23-42-43(37)36-20-10-19-35(44(36)52-42)38-26-29-14-4-5-15-31(29)32-16-6-7-17-33(32)38/h1-10,12-22,24-27H,11,23H2. The van der Waals surface area contributed by atoms with Gasteiger partial charge in [0.25, 0.3) is 0 Å². The molecule has 52 heavy (non-hydrogen) atoms. The van der Waals surface area contributed by atoms with Crippen molar-refractivity contribution in [3.63, 3.8) is 0 Å². The molecule has 7 aromatic carbocycles. The average Bonchev–Trinajstić information content (AvgIpc) is 3.79. The van der Waals surface area contributed by atoms with Crippen molar-refractivity contribution in [2.75, 3.05) is 0 Å². The molecular formula is C47H29N3O2. The van der Waals surface area contributed by atoms with Crippen LogP contribution >= 0.6 is 0 Å². The molecule has 1 aliphatic carbocycles. The van der Waals surface area contributed by atoms with Crippen LogP contribution in [0.2, 0.25) is 0 Å². The molecule has 3 heterocycles. The Morgan fingerprint density at radius 3 is 2.02 bits per heavy atom. The minimum Gasteiger partial charge on any atom is -0.460 e. The van der Waals surface area contributed by atoms with Crippen LogP contribution in [0.1, 0.15) is 23.6 Å². The Bertz CT molecular complexity index is 3080. The number of aromatic nitrogens is 3. The summed E-state index contributed by atoms with van der Waals surface area (Å²) in [6.07, 6.45) is 3.89. The maximum absolute atomic E-state index is 6.88. The molecule has 11 rings (SSSR count). The maximum atomic E-state index is 6.88. The molecule has 0 N–H and O–H groups in total. The second-order valence-corrected chi connectivity index (χ2v) is 13.4. The van der Waals surface area contributed by atoms with E-state index in [1.165, 1.54) is 21.5 Å². The van der Waals surface area contributed by atoms with E-state index in [0.29, 0.717) is 17.5 Å². The molecule has 0 radical (unpaired) electrons. The summed E-state index contributed by atoms with van der Waals surface area (Å²) in [6.45, 7) is 0. The van der Waals surface area contributed by atoms with Crippen molar-refractivity contribution in [2.45, 2.75) is 12.8 Å². The van der Waals surface area contributed by atoms with Crippen molar-refractivity contribution in [3.8, 4) is 33.9 Å². The summed E-state index contributed by atoms with van der Waals surface area (Å²) in [5, 5.41) is 8.05. The SMILES string of the molecule is C1=C(c2nc(-c3ccccc3)nc(-c3ccc4oc5ccccc5c4c3)n2)c2c(oc3c(-c4cc5ccccc5c5ccccc45)cccc23)CC1. The van der Waals surface area contributed by atoms with E-state index in [1.54, 1.807) is 0 Å². The summed E-state index contributed by atoms with van der Waals surface area (Å²) in [7, 11) is 0. The molecule has 3 aromatic heterocycles. The second kappa shape index (κ2) is 11.3. The first kappa shape index (κ1) is 28.9. The lowest BCUT2D eigenvalue weighted by atomic mass is 9.90. The Kier molecular flexibility index (Phi) is 6.31. The van der Waals surface area contributed by atoms with Gasteiger partial charge >= 0.3 is 0 Å². The molecule has 0 fully saturated rings. The zero-order chi connectivity index (χ0) is 34.2. The molecular weight excluding hydrogens is 639 g/mol. The molecule has 1 aliphatic rings. The molecule has 0 aliphatic heterocycles. The minimum atomic E-state index is 0.611. The van der Waals surface area contributed by atoms with Crippen molar-refractivity contribution < 1.29 is 8.83 Å². The molecule has 0 spiro atoms. The summed E-state index contributed by atoms with van der Waals surface area (Å²) >= 11 is 0. The van der Waals surface area contributed by atoms with Crippen molar-refractivity contribution in [1.82, 2.24) is 15.0 Å². The Morgan fingerprint density at radius 1 is 0.442 bits per heavy atom. The highest BCUT2D eigenvalue weighted by molar-refractivity contribution is 6.16. The minimum absolute atomic E-state index is 0.611. The third kappa shape index (κ3) is 4.46. The zero-order valence-corrected chi connectivity index (χ0v) is 28.0. The third-order valence-corrected chi connectivity index (χ3v) is 10.4. The van der Waals surface area contributed by atoms with E-state index >= 15 is 0 Å². The third-order valence-electron chi connectivity index (χ3n) is 10.4. The summed E-state index contributed by atoms with van der Waals surface area (Å²) in [6, 6.07) is 50.5. The van der Waals surface area contributed by atoms with Crippen LogP contribution in [-0.2, 0) is 6.42 Å². The number of fused-ring (bicyclic) bond motifs is 9. The molecule has 244 valence electrons. The van der Waals surface area contributed by atoms with E-state index < -0.39 is 0 Å². The van der Waals surface area contributed by atoms with Crippen LogP contribution < -0.4 is 0 Å². The second-order valence-electron chi connectivity index (χ2n) is 13.4. The van der Waals surface area contributed by atoms with E-state index in [4.69, 9.17) is 23.8 Å². The molecule has 0 saturated heterocycles. The first-order valence-electron chi connectivity index (χ1n) is 17.7. The predicted octanol–water partition coefficient (Wildman–Crippen LogP) is 12.2. The molecule has 5 nitrogen and oxygen atoms in total. The first-order valence-corrected chi connectivity index (χ1v) is 17.7. The fourth-order valence-corrected chi connectivity index (χ4v) is 7.99. The van der Waals surface area contributed by atoms with Gasteiger partial charge in [0.2, 0.25) is 0 Å². The number of para-hydroxylation sites is 2.